The molecular formula is C9H10N4O2S. The first-order valence-corrected chi connectivity index (χ1v) is 5.44. The lowest BCUT2D eigenvalue weighted by Crippen LogP contribution is -2.31. The number of nitrogens with one attached hydrogen (secondary N) is 1. The predicted octanol–water partition coefficient (Wildman–Crippen LogP) is -0.0680. The van der Waals surface area contributed by atoms with Crippen LogP contribution in [0.4, 0.5) is 5.69 Å². The molecule has 0 aliphatic heterocycles. The van der Waals surface area contributed by atoms with Crippen molar-refractivity contribution < 1.29 is 0 Å². The third-order valence-corrected chi connectivity index (χ3v) is 2.86. The molecule has 2 heterocycles. The van der Waals surface area contributed by atoms with Gasteiger partial charge in [-0.05, 0) is 6.92 Å². The van der Waals surface area contributed by atoms with Crippen molar-refractivity contribution in [1.82, 2.24) is 14.5 Å². The number of rotatable bonds is 2. The van der Waals surface area contributed by atoms with Crippen LogP contribution in [0, 0.1) is 6.92 Å². The van der Waals surface area contributed by atoms with Crippen LogP contribution in [-0.4, -0.2) is 14.5 Å². The number of hydrogen-bond acceptors (Lipinski definition) is 5. The molecule has 84 valence electrons. The third kappa shape index (κ3) is 2.03. The zero-order valence-electron chi connectivity index (χ0n) is 8.56. The molecule has 2 aromatic rings. The number of nitrogens with zero attached hydrogens (tertiary/aromatic N) is 2. The Hall–Kier alpha value is -1.89. The first kappa shape index (κ1) is 10.6. The van der Waals surface area contributed by atoms with Gasteiger partial charge < -0.3 is 5.73 Å². The van der Waals surface area contributed by atoms with Crippen LogP contribution in [0.25, 0.3) is 0 Å². The molecule has 0 aromatic carbocycles. The van der Waals surface area contributed by atoms with E-state index in [0.717, 1.165) is 10.7 Å². The van der Waals surface area contributed by atoms with E-state index >= 15 is 0 Å². The molecule has 6 nitrogen and oxygen atoms in total. The number of nitrogen functional groups attached to an aromatic ring is 1. The molecule has 2 rings (SSSR count). The van der Waals surface area contributed by atoms with Crippen molar-refractivity contribution in [3.05, 3.63) is 43.1 Å². The highest BCUT2D eigenvalue weighted by Crippen LogP contribution is 2.08. The van der Waals surface area contributed by atoms with E-state index in [1.807, 2.05) is 12.3 Å². The highest BCUT2D eigenvalue weighted by atomic mass is 32.1. The third-order valence-electron chi connectivity index (χ3n) is 2.04. The normalized spacial score (nSPS) is 10.6. The first-order valence-electron chi connectivity index (χ1n) is 4.56. The van der Waals surface area contributed by atoms with Crippen molar-refractivity contribution in [3.63, 3.8) is 0 Å². The van der Waals surface area contributed by atoms with Crippen LogP contribution in [0.2, 0.25) is 0 Å². The van der Waals surface area contributed by atoms with Crippen LogP contribution in [0.15, 0.2) is 21.2 Å². The summed E-state index contributed by atoms with van der Waals surface area (Å²) < 4.78 is 1.32. The summed E-state index contributed by atoms with van der Waals surface area (Å²) in [7, 11) is 0. The summed E-state index contributed by atoms with van der Waals surface area (Å²) in [5.74, 6) is 0. The second-order valence-electron chi connectivity index (χ2n) is 3.33. The fourth-order valence-corrected chi connectivity index (χ4v) is 1.90. The Kier molecular flexibility index (Phi) is 2.61. The van der Waals surface area contributed by atoms with E-state index in [0.29, 0.717) is 6.54 Å². The van der Waals surface area contributed by atoms with Crippen LogP contribution in [-0.2, 0) is 6.54 Å². The molecule has 0 atom stereocenters. The number of H-pyrrole nitrogens is 1. The molecule has 2 aromatic heterocycles. The standard InChI is InChI=1S/C9H10N4O2S/c1-5-11-6(4-16-5)2-13-3-7(10)8(14)12-9(13)15/h3-4H,2,10H2,1H3,(H,12,14,15). The molecule has 0 bridgehead atoms. The SMILES string of the molecule is Cc1nc(Cn2cc(N)c(=O)[nH]c2=O)cs1. The van der Waals surface area contributed by atoms with Crippen LogP contribution in [0.3, 0.4) is 0 Å². The minimum atomic E-state index is -0.560. The molecule has 0 saturated heterocycles. The molecule has 0 amide bonds. The molecule has 0 aliphatic carbocycles. The number of hydrogen-bond donors (Lipinski definition) is 2. The predicted molar refractivity (Wildman–Crippen MR) is 61.7 cm³/mol. The van der Waals surface area contributed by atoms with Gasteiger partial charge in [0.2, 0.25) is 0 Å². The first-order chi connectivity index (χ1) is 7.56. The highest BCUT2D eigenvalue weighted by Gasteiger charge is 2.04. The summed E-state index contributed by atoms with van der Waals surface area (Å²) in [6, 6.07) is 0. The molecule has 3 N–H and O–H groups in total. The summed E-state index contributed by atoms with van der Waals surface area (Å²) in [4.78, 5) is 28.8. The van der Waals surface area contributed by atoms with Crippen molar-refractivity contribution >= 4 is 17.0 Å². The van der Waals surface area contributed by atoms with Crippen LogP contribution < -0.4 is 17.0 Å². The number of anilines is 1. The van der Waals surface area contributed by atoms with Gasteiger partial charge in [-0.25, -0.2) is 9.78 Å². The van der Waals surface area contributed by atoms with Gasteiger partial charge in [-0.2, -0.15) is 0 Å². The largest absolute Gasteiger partial charge is 0.393 e. The minimum absolute atomic E-state index is 0.0200. The van der Waals surface area contributed by atoms with Crippen LogP contribution in [0.5, 0.6) is 0 Å². The molecular weight excluding hydrogens is 228 g/mol. The Morgan fingerprint density at radius 3 is 2.94 bits per heavy atom. The van der Waals surface area contributed by atoms with E-state index in [4.69, 9.17) is 5.73 Å². The highest BCUT2D eigenvalue weighted by molar-refractivity contribution is 7.09. The van der Waals surface area contributed by atoms with Crippen molar-refractivity contribution in [2.45, 2.75) is 13.5 Å². The summed E-state index contributed by atoms with van der Waals surface area (Å²) in [5.41, 5.74) is 5.18. The fourth-order valence-electron chi connectivity index (χ4n) is 1.30. The molecule has 0 unspecified atom stereocenters. The van der Waals surface area contributed by atoms with E-state index in [1.165, 1.54) is 22.1 Å². The average molecular weight is 238 g/mol. The van der Waals surface area contributed by atoms with Gasteiger partial charge in [0.1, 0.15) is 5.69 Å². The number of aromatic nitrogens is 3. The van der Waals surface area contributed by atoms with E-state index in [1.54, 1.807) is 0 Å². The number of nitrogens with two attached hydrogens (primary N) is 1. The van der Waals surface area contributed by atoms with Gasteiger partial charge in [-0.3, -0.25) is 14.3 Å². The molecule has 16 heavy (non-hydrogen) atoms. The lowest BCUT2D eigenvalue weighted by Gasteiger charge is -2.02. The van der Waals surface area contributed by atoms with Gasteiger partial charge in [0.05, 0.1) is 17.2 Å². The van der Waals surface area contributed by atoms with E-state index in [-0.39, 0.29) is 5.69 Å². The number of thiazole rings is 1. The number of aromatic amines is 1. The van der Waals surface area contributed by atoms with E-state index in [9.17, 15) is 9.59 Å². The maximum Gasteiger partial charge on any atom is 0.328 e. The van der Waals surface area contributed by atoms with Crippen LogP contribution >= 0.6 is 11.3 Å². The van der Waals surface area contributed by atoms with Gasteiger partial charge in [-0.15, -0.1) is 11.3 Å². The Morgan fingerprint density at radius 2 is 2.31 bits per heavy atom. The lowest BCUT2D eigenvalue weighted by atomic mass is 10.4. The monoisotopic (exact) mass is 238 g/mol. The zero-order chi connectivity index (χ0) is 11.7. The molecule has 0 spiro atoms. The van der Waals surface area contributed by atoms with Crippen molar-refractivity contribution in [2.75, 3.05) is 5.73 Å². The maximum atomic E-state index is 11.4. The molecule has 0 radical (unpaired) electrons. The maximum absolute atomic E-state index is 11.4. The quantitative estimate of drug-likeness (QED) is 0.766. The summed E-state index contributed by atoms with van der Waals surface area (Å²) in [6.45, 7) is 2.20. The van der Waals surface area contributed by atoms with Gasteiger partial charge in [0.25, 0.3) is 5.56 Å². The van der Waals surface area contributed by atoms with Gasteiger partial charge in [0, 0.05) is 11.6 Å². The summed E-state index contributed by atoms with van der Waals surface area (Å²) >= 11 is 1.51. The topological polar surface area (TPSA) is 93.8 Å². The van der Waals surface area contributed by atoms with Crippen molar-refractivity contribution in [3.8, 4) is 0 Å². The Balaban J connectivity index is 2.39. The summed E-state index contributed by atoms with van der Waals surface area (Å²) in [6.07, 6.45) is 1.33. The minimum Gasteiger partial charge on any atom is -0.393 e. The summed E-state index contributed by atoms with van der Waals surface area (Å²) in [5, 5.41) is 2.80. The second-order valence-corrected chi connectivity index (χ2v) is 4.39. The van der Waals surface area contributed by atoms with E-state index in [2.05, 4.69) is 9.97 Å². The Bertz CT molecular complexity index is 625. The van der Waals surface area contributed by atoms with Crippen LogP contribution in [0.1, 0.15) is 10.7 Å². The lowest BCUT2D eigenvalue weighted by molar-refractivity contribution is 0.710. The molecule has 0 saturated carbocycles. The van der Waals surface area contributed by atoms with Gasteiger partial charge >= 0.3 is 5.69 Å². The van der Waals surface area contributed by atoms with Gasteiger partial charge in [0.15, 0.2) is 0 Å². The smallest absolute Gasteiger partial charge is 0.328 e. The second kappa shape index (κ2) is 3.93. The molecule has 0 aliphatic rings. The average Bonchev–Trinajstić information content (AvgIpc) is 2.60. The zero-order valence-corrected chi connectivity index (χ0v) is 9.37. The fraction of sp³-hybridized carbons (Fsp3) is 0.222. The molecule has 0 fully saturated rings. The van der Waals surface area contributed by atoms with Gasteiger partial charge in [-0.1, -0.05) is 0 Å². The molecule has 7 heteroatoms. The van der Waals surface area contributed by atoms with Crippen molar-refractivity contribution in [1.29, 1.82) is 0 Å². The Morgan fingerprint density at radius 1 is 1.56 bits per heavy atom. The van der Waals surface area contributed by atoms with Crippen molar-refractivity contribution in [2.24, 2.45) is 0 Å². The Labute approximate surface area is 94.4 Å². The van der Waals surface area contributed by atoms with E-state index < -0.39 is 11.2 Å². The number of aryl methyl sites for hydroxylation is 1.